The molecule has 0 saturated heterocycles. The highest BCUT2D eigenvalue weighted by Gasteiger charge is 2.28. The van der Waals surface area contributed by atoms with E-state index < -0.39 is 5.82 Å². The van der Waals surface area contributed by atoms with Crippen LogP contribution in [0, 0.1) is 25.6 Å². The quantitative estimate of drug-likeness (QED) is 0.311. The summed E-state index contributed by atoms with van der Waals surface area (Å²) in [7, 11) is 0. The molecule has 1 aliphatic heterocycles. The van der Waals surface area contributed by atoms with Crippen LogP contribution in [0.4, 0.5) is 4.39 Å². The number of fused-ring (bicyclic) bond motifs is 1. The van der Waals surface area contributed by atoms with E-state index in [0.29, 0.717) is 31.1 Å². The van der Waals surface area contributed by atoms with E-state index >= 15 is 0 Å². The van der Waals surface area contributed by atoms with Gasteiger partial charge in [-0.05, 0) is 91.5 Å². The number of aryl methyl sites for hydroxylation is 2. The Morgan fingerprint density at radius 1 is 0.972 bits per heavy atom. The molecule has 0 bridgehead atoms. The highest BCUT2D eigenvalue weighted by Crippen LogP contribution is 2.40. The largest absolute Gasteiger partial charge is 0.493 e. The molecule has 0 amide bonds. The number of hydrogen-bond acceptors (Lipinski definition) is 4. The van der Waals surface area contributed by atoms with E-state index in [-0.39, 0.29) is 24.1 Å². The molecule has 0 spiro atoms. The maximum atomic E-state index is 14.8. The molecular weight excluding hydrogens is 455 g/mol. The fraction of sp³-hybridized carbons (Fsp3) is 0.387. The van der Waals surface area contributed by atoms with E-state index in [4.69, 9.17) is 14.2 Å². The molecule has 0 unspecified atom stereocenters. The van der Waals surface area contributed by atoms with E-state index in [1.165, 1.54) is 22.8 Å². The van der Waals surface area contributed by atoms with Crippen LogP contribution >= 0.6 is 0 Å². The van der Waals surface area contributed by atoms with E-state index in [1.54, 1.807) is 6.07 Å². The van der Waals surface area contributed by atoms with Crippen molar-refractivity contribution < 1.29 is 23.4 Å². The van der Waals surface area contributed by atoms with E-state index in [0.717, 1.165) is 42.7 Å². The van der Waals surface area contributed by atoms with Gasteiger partial charge in [-0.3, -0.25) is 4.79 Å². The van der Waals surface area contributed by atoms with E-state index in [9.17, 15) is 9.18 Å². The van der Waals surface area contributed by atoms with Gasteiger partial charge >= 0.3 is 0 Å². The maximum absolute atomic E-state index is 14.8. The molecule has 3 aromatic rings. The predicted molar refractivity (Wildman–Crippen MR) is 138 cm³/mol. The van der Waals surface area contributed by atoms with Crippen LogP contribution < -0.4 is 14.2 Å². The lowest BCUT2D eigenvalue weighted by Crippen LogP contribution is -2.24. The number of rotatable bonds is 8. The summed E-state index contributed by atoms with van der Waals surface area (Å²) in [5.41, 5.74) is 4.76. The van der Waals surface area contributed by atoms with Gasteiger partial charge in [0.25, 0.3) is 0 Å². The summed E-state index contributed by atoms with van der Waals surface area (Å²) in [5.74, 6) is 2.15. The fourth-order valence-corrected chi connectivity index (χ4v) is 5.62. The first-order chi connectivity index (χ1) is 17.5. The van der Waals surface area contributed by atoms with Crippen molar-refractivity contribution in [3.63, 3.8) is 0 Å². The molecule has 0 N–H and O–H groups in total. The zero-order valence-corrected chi connectivity index (χ0v) is 21.0. The maximum Gasteiger partial charge on any atom is 0.231 e. The molecule has 1 heterocycles. The number of ether oxygens (including phenoxy) is 3. The van der Waals surface area contributed by atoms with Crippen molar-refractivity contribution >= 4 is 5.78 Å². The Morgan fingerprint density at radius 2 is 1.75 bits per heavy atom. The first kappa shape index (κ1) is 24.4. The second-order valence-corrected chi connectivity index (χ2v) is 10.0. The van der Waals surface area contributed by atoms with E-state index in [2.05, 4.69) is 26.0 Å². The Morgan fingerprint density at radius 3 is 2.58 bits per heavy atom. The van der Waals surface area contributed by atoms with Gasteiger partial charge in [0.2, 0.25) is 6.79 Å². The van der Waals surface area contributed by atoms with Gasteiger partial charge in [-0.25, -0.2) is 4.39 Å². The van der Waals surface area contributed by atoms with Gasteiger partial charge in [-0.2, -0.15) is 0 Å². The fourth-order valence-electron chi connectivity index (χ4n) is 5.62. The molecule has 188 valence electrons. The molecule has 3 aromatic carbocycles. The Hall–Kier alpha value is -3.34. The number of halogens is 1. The molecule has 0 aromatic heterocycles. The highest BCUT2D eigenvalue weighted by atomic mass is 19.1. The minimum absolute atomic E-state index is 0.138. The molecule has 36 heavy (non-hydrogen) atoms. The smallest absolute Gasteiger partial charge is 0.231 e. The molecule has 1 fully saturated rings. The summed E-state index contributed by atoms with van der Waals surface area (Å²) < 4.78 is 31.8. The molecule has 4 nitrogen and oxygen atoms in total. The van der Waals surface area contributed by atoms with Gasteiger partial charge in [0.1, 0.15) is 11.6 Å². The monoisotopic (exact) mass is 488 g/mol. The Bertz CT molecular complexity index is 1230. The minimum atomic E-state index is -0.436. The predicted octanol–water partition coefficient (Wildman–Crippen LogP) is 7.34. The van der Waals surface area contributed by atoms with Crippen molar-refractivity contribution in [2.24, 2.45) is 5.92 Å². The highest BCUT2D eigenvalue weighted by molar-refractivity contribution is 5.96. The zero-order valence-electron chi connectivity index (χ0n) is 21.0. The second kappa shape index (κ2) is 10.7. The lowest BCUT2D eigenvalue weighted by Gasteiger charge is -2.32. The molecule has 2 aliphatic rings. The van der Waals surface area contributed by atoms with Gasteiger partial charge in [0.15, 0.2) is 17.3 Å². The number of benzene rings is 3. The van der Waals surface area contributed by atoms with Crippen LogP contribution in [0.1, 0.15) is 70.6 Å². The number of carbonyl (C=O) groups excluding carboxylic acids is 1. The molecule has 1 saturated carbocycles. The molecule has 5 heteroatoms. The first-order valence-corrected chi connectivity index (χ1v) is 12.9. The van der Waals surface area contributed by atoms with Crippen molar-refractivity contribution in [2.45, 2.75) is 58.3 Å². The summed E-state index contributed by atoms with van der Waals surface area (Å²) in [6.45, 7) is 4.92. The minimum Gasteiger partial charge on any atom is -0.493 e. The second-order valence-electron chi connectivity index (χ2n) is 10.0. The third-order valence-electron chi connectivity index (χ3n) is 7.68. The van der Waals surface area contributed by atoms with Crippen molar-refractivity contribution in [1.29, 1.82) is 0 Å². The average Bonchev–Trinajstić information content (AvgIpc) is 3.35. The normalized spacial score (nSPS) is 18.8. The zero-order chi connectivity index (χ0) is 25.1. The number of ketones is 1. The van der Waals surface area contributed by atoms with Crippen molar-refractivity contribution in [1.82, 2.24) is 0 Å². The van der Waals surface area contributed by atoms with Gasteiger partial charge in [0.05, 0.1) is 12.2 Å². The number of Topliss-reactive ketones (excluding diaryl/α,β-unsaturated/α-hetero) is 1. The molecular formula is C31H33FO4. The molecule has 2 atom stereocenters. The van der Waals surface area contributed by atoms with Crippen molar-refractivity contribution in [3.05, 3.63) is 88.2 Å². The van der Waals surface area contributed by atoms with Crippen LogP contribution in [0.15, 0.2) is 54.6 Å². The SMILES string of the molecule is Cc1cccc(C)c1CCC(=O)c1cc([C@@H]2CCCC[C@H]2COc2ccc3c(c2)OCO3)ccc1F. The topological polar surface area (TPSA) is 44.8 Å². The number of carbonyl (C=O) groups is 1. The first-order valence-electron chi connectivity index (χ1n) is 12.9. The van der Waals surface area contributed by atoms with Crippen LogP contribution in [-0.2, 0) is 6.42 Å². The average molecular weight is 489 g/mol. The molecule has 0 radical (unpaired) electrons. The van der Waals surface area contributed by atoms with Gasteiger partial charge < -0.3 is 14.2 Å². The third-order valence-corrected chi connectivity index (χ3v) is 7.68. The summed E-state index contributed by atoms with van der Waals surface area (Å²) in [4.78, 5) is 13.1. The molecule has 1 aliphatic carbocycles. The van der Waals surface area contributed by atoms with Crippen LogP contribution in [0.25, 0.3) is 0 Å². The van der Waals surface area contributed by atoms with Gasteiger partial charge in [0, 0.05) is 12.5 Å². The lowest BCUT2D eigenvalue weighted by atomic mass is 9.75. The summed E-state index contributed by atoms with van der Waals surface area (Å²) in [6.07, 6.45) is 5.25. The van der Waals surface area contributed by atoms with Crippen molar-refractivity contribution in [3.8, 4) is 17.2 Å². The van der Waals surface area contributed by atoms with E-state index in [1.807, 2.05) is 30.3 Å². The van der Waals surface area contributed by atoms with Crippen LogP contribution in [0.2, 0.25) is 0 Å². The lowest BCUT2D eigenvalue weighted by molar-refractivity contribution is 0.0978. The standard InChI is InChI=1S/C31H33FO4/c1-20-6-5-7-21(2)25(20)12-14-29(33)27-16-22(10-13-28(27)32)26-9-4-3-8-23(26)18-34-24-11-15-30-31(17-24)36-19-35-30/h5-7,10-11,13,15-17,23,26H,3-4,8-9,12,14,18-19H2,1-2H3/t23-,26-/m0/s1. The number of hydrogen-bond donors (Lipinski definition) is 0. The Kier molecular flexibility index (Phi) is 7.26. The van der Waals surface area contributed by atoms with Crippen LogP contribution in [0.5, 0.6) is 17.2 Å². The van der Waals surface area contributed by atoms with Crippen LogP contribution in [0.3, 0.4) is 0 Å². The summed E-state index contributed by atoms with van der Waals surface area (Å²) in [6, 6.07) is 16.9. The van der Waals surface area contributed by atoms with Gasteiger partial charge in [-0.1, -0.05) is 37.1 Å². The Labute approximate surface area is 212 Å². The van der Waals surface area contributed by atoms with Crippen LogP contribution in [-0.4, -0.2) is 19.2 Å². The van der Waals surface area contributed by atoms with Crippen molar-refractivity contribution in [2.75, 3.05) is 13.4 Å². The Balaban J connectivity index is 1.28. The third kappa shape index (κ3) is 5.25. The summed E-state index contributed by atoms with van der Waals surface area (Å²) in [5, 5.41) is 0. The molecule has 5 rings (SSSR count). The summed E-state index contributed by atoms with van der Waals surface area (Å²) >= 11 is 0. The van der Waals surface area contributed by atoms with Gasteiger partial charge in [-0.15, -0.1) is 0 Å².